The van der Waals surface area contributed by atoms with Gasteiger partial charge in [0.1, 0.15) is 5.60 Å². The molecule has 16 heavy (non-hydrogen) atoms. The van der Waals surface area contributed by atoms with Gasteiger partial charge in [-0.25, -0.2) is 0 Å². The molecule has 1 aromatic carbocycles. The first-order valence-corrected chi connectivity index (χ1v) is 5.50. The number of hydrogen-bond acceptors (Lipinski definition) is 2. The van der Waals surface area contributed by atoms with Crippen molar-refractivity contribution in [1.29, 1.82) is 0 Å². The molecule has 0 heterocycles. The van der Waals surface area contributed by atoms with Gasteiger partial charge in [0.05, 0.1) is 0 Å². The zero-order valence-electron chi connectivity index (χ0n) is 9.66. The molecule has 0 saturated heterocycles. The van der Waals surface area contributed by atoms with Crippen molar-refractivity contribution in [3.63, 3.8) is 0 Å². The molecular formula is C13H17NO2. The molecule has 0 aromatic heterocycles. The van der Waals surface area contributed by atoms with Crippen molar-refractivity contribution in [2.24, 2.45) is 5.41 Å². The number of aliphatic hydroxyl groups is 1. The minimum atomic E-state index is -1.16. The van der Waals surface area contributed by atoms with E-state index in [1.165, 1.54) is 0 Å². The second kappa shape index (κ2) is 3.59. The first-order valence-electron chi connectivity index (χ1n) is 5.50. The molecule has 1 aliphatic carbocycles. The fourth-order valence-electron chi connectivity index (χ4n) is 1.91. The summed E-state index contributed by atoms with van der Waals surface area (Å²) in [6.07, 6.45) is 0.542. The Morgan fingerprint density at radius 2 is 1.94 bits per heavy atom. The highest BCUT2D eigenvalue weighted by Crippen LogP contribution is 2.55. The average molecular weight is 219 g/mol. The minimum Gasteiger partial charge on any atom is -0.379 e. The standard InChI is InChI=1S/C13H17NO2/c1-12(2)9-13(12,16)11(15)14-8-10-6-4-3-5-7-10/h3-7,16H,8-9H2,1-2H3,(H,14,15). The van der Waals surface area contributed by atoms with E-state index in [9.17, 15) is 9.90 Å². The van der Waals surface area contributed by atoms with E-state index in [0.29, 0.717) is 13.0 Å². The van der Waals surface area contributed by atoms with Crippen LogP contribution in [-0.4, -0.2) is 16.6 Å². The van der Waals surface area contributed by atoms with Crippen LogP contribution in [0.3, 0.4) is 0 Å². The number of hydrogen-bond donors (Lipinski definition) is 2. The summed E-state index contributed by atoms with van der Waals surface area (Å²) in [7, 11) is 0. The lowest BCUT2D eigenvalue weighted by molar-refractivity contribution is -0.133. The molecular weight excluding hydrogens is 202 g/mol. The van der Waals surface area contributed by atoms with Crippen LogP contribution in [-0.2, 0) is 11.3 Å². The lowest BCUT2D eigenvalue weighted by atomic mass is 10.1. The van der Waals surface area contributed by atoms with Crippen molar-refractivity contribution in [2.45, 2.75) is 32.4 Å². The molecule has 2 rings (SSSR count). The van der Waals surface area contributed by atoms with Crippen LogP contribution in [0.5, 0.6) is 0 Å². The third-order valence-electron chi connectivity index (χ3n) is 3.36. The average Bonchev–Trinajstić information content (AvgIpc) is 2.78. The van der Waals surface area contributed by atoms with Gasteiger partial charge in [0, 0.05) is 12.0 Å². The molecule has 0 spiro atoms. The number of benzene rings is 1. The van der Waals surface area contributed by atoms with E-state index in [4.69, 9.17) is 0 Å². The van der Waals surface area contributed by atoms with Crippen molar-refractivity contribution in [3.8, 4) is 0 Å². The Hall–Kier alpha value is -1.35. The Morgan fingerprint density at radius 3 is 2.44 bits per heavy atom. The summed E-state index contributed by atoms with van der Waals surface area (Å²) in [5, 5.41) is 12.8. The van der Waals surface area contributed by atoms with Crippen molar-refractivity contribution in [3.05, 3.63) is 35.9 Å². The van der Waals surface area contributed by atoms with Crippen LogP contribution in [0.15, 0.2) is 30.3 Å². The fourth-order valence-corrected chi connectivity index (χ4v) is 1.91. The van der Waals surface area contributed by atoms with Crippen molar-refractivity contribution in [2.75, 3.05) is 0 Å². The monoisotopic (exact) mass is 219 g/mol. The van der Waals surface area contributed by atoms with E-state index in [1.54, 1.807) is 0 Å². The van der Waals surface area contributed by atoms with Crippen molar-refractivity contribution >= 4 is 5.91 Å². The van der Waals surface area contributed by atoms with E-state index in [1.807, 2.05) is 44.2 Å². The summed E-state index contributed by atoms with van der Waals surface area (Å²) in [5.41, 5.74) is -0.409. The van der Waals surface area contributed by atoms with Gasteiger partial charge in [-0.05, 0) is 12.0 Å². The maximum atomic E-state index is 11.8. The number of amides is 1. The van der Waals surface area contributed by atoms with Gasteiger partial charge in [0.25, 0.3) is 5.91 Å². The van der Waals surface area contributed by atoms with E-state index >= 15 is 0 Å². The molecule has 1 saturated carbocycles. The van der Waals surface area contributed by atoms with Crippen molar-refractivity contribution in [1.82, 2.24) is 5.32 Å². The smallest absolute Gasteiger partial charge is 0.252 e. The molecule has 3 nitrogen and oxygen atoms in total. The Balaban J connectivity index is 1.91. The maximum absolute atomic E-state index is 11.8. The molecule has 3 heteroatoms. The number of carbonyl (C=O) groups is 1. The summed E-state index contributed by atoms with van der Waals surface area (Å²) in [6.45, 7) is 4.27. The van der Waals surface area contributed by atoms with Gasteiger partial charge in [-0.3, -0.25) is 4.79 Å². The molecule has 86 valence electrons. The molecule has 0 radical (unpaired) electrons. The third kappa shape index (κ3) is 1.83. The first kappa shape index (κ1) is 11.1. The lowest BCUT2D eigenvalue weighted by Gasteiger charge is -2.13. The highest BCUT2D eigenvalue weighted by molar-refractivity contribution is 5.89. The van der Waals surface area contributed by atoms with Gasteiger partial charge in [-0.15, -0.1) is 0 Å². The summed E-state index contributed by atoms with van der Waals surface area (Å²) >= 11 is 0. The molecule has 1 aliphatic rings. The van der Waals surface area contributed by atoms with Crippen LogP contribution in [0.25, 0.3) is 0 Å². The normalized spacial score (nSPS) is 26.2. The lowest BCUT2D eigenvalue weighted by Crippen LogP contribution is -2.39. The van der Waals surface area contributed by atoms with E-state index < -0.39 is 5.60 Å². The van der Waals surface area contributed by atoms with Crippen LogP contribution in [0.1, 0.15) is 25.8 Å². The maximum Gasteiger partial charge on any atom is 0.252 e. The zero-order valence-corrected chi connectivity index (χ0v) is 9.66. The molecule has 0 aliphatic heterocycles. The number of nitrogens with one attached hydrogen (secondary N) is 1. The van der Waals surface area contributed by atoms with Gasteiger partial charge in [0.15, 0.2) is 0 Å². The van der Waals surface area contributed by atoms with Crippen molar-refractivity contribution < 1.29 is 9.90 Å². The van der Waals surface area contributed by atoms with Gasteiger partial charge < -0.3 is 10.4 Å². The van der Waals surface area contributed by atoms with Crippen LogP contribution < -0.4 is 5.32 Å². The quantitative estimate of drug-likeness (QED) is 0.808. The second-order valence-electron chi connectivity index (χ2n) is 5.09. The van der Waals surface area contributed by atoms with Crippen LogP contribution in [0, 0.1) is 5.41 Å². The topological polar surface area (TPSA) is 49.3 Å². The Bertz CT molecular complexity index is 400. The van der Waals surface area contributed by atoms with Gasteiger partial charge in [-0.1, -0.05) is 44.2 Å². The predicted molar refractivity (Wildman–Crippen MR) is 61.6 cm³/mol. The summed E-state index contributed by atoms with van der Waals surface area (Å²) in [5.74, 6) is -0.263. The Kier molecular flexibility index (Phi) is 2.50. The zero-order chi connectivity index (χ0) is 11.8. The molecule has 1 amide bonds. The molecule has 1 aromatic rings. The molecule has 0 bridgehead atoms. The largest absolute Gasteiger partial charge is 0.379 e. The summed E-state index contributed by atoms with van der Waals surface area (Å²) in [4.78, 5) is 11.8. The van der Waals surface area contributed by atoms with Crippen LogP contribution >= 0.6 is 0 Å². The molecule has 2 N–H and O–H groups in total. The van der Waals surface area contributed by atoms with Crippen LogP contribution in [0.4, 0.5) is 0 Å². The Labute approximate surface area is 95.5 Å². The molecule has 1 atom stereocenters. The highest BCUT2D eigenvalue weighted by Gasteiger charge is 2.65. The predicted octanol–water partition coefficient (Wildman–Crippen LogP) is 1.46. The Morgan fingerprint density at radius 1 is 1.38 bits per heavy atom. The van der Waals surface area contributed by atoms with E-state index in [0.717, 1.165) is 5.56 Å². The second-order valence-corrected chi connectivity index (χ2v) is 5.09. The summed E-state index contributed by atoms with van der Waals surface area (Å²) < 4.78 is 0. The number of rotatable bonds is 3. The highest BCUT2D eigenvalue weighted by atomic mass is 16.3. The van der Waals surface area contributed by atoms with Gasteiger partial charge >= 0.3 is 0 Å². The molecule has 1 unspecified atom stereocenters. The van der Waals surface area contributed by atoms with E-state index in [-0.39, 0.29) is 11.3 Å². The number of carbonyl (C=O) groups excluding carboxylic acids is 1. The van der Waals surface area contributed by atoms with Gasteiger partial charge in [-0.2, -0.15) is 0 Å². The first-order chi connectivity index (χ1) is 7.46. The molecule has 1 fully saturated rings. The summed E-state index contributed by atoms with van der Waals surface area (Å²) in [6, 6.07) is 9.68. The minimum absolute atomic E-state index is 0.263. The van der Waals surface area contributed by atoms with E-state index in [2.05, 4.69) is 5.32 Å². The van der Waals surface area contributed by atoms with Gasteiger partial charge in [0.2, 0.25) is 0 Å². The fraction of sp³-hybridized carbons (Fsp3) is 0.462. The van der Waals surface area contributed by atoms with Crippen LogP contribution in [0.2, 0.25) is 0 Å². The third-order valence-corrected chi connectivity index (χ3v) is 3.36. The SMILES string of the molecule is CC1(C)CC1(O)C(=O)NCc1ccccc1.